The van der Waals surface area contributed by atoms with Gasteiger partial charge in [-0.3, -0.25) is 0 Å². The fourth-order valence-corrected chi connectivity index (χ4v) is 2.63. The van der Waals surface area contributed by atoms with Crippen LogP contribution in [0, 0.1) is 6.92 Å². The maximum atomic E-state index is 11.8. The normalized spacial score (nSPS) is 12.0. The molecule has 1 aromatic rings. The standard InChI is InChI=1S/C20H30FNO.C7H8/c1-6-13-19(5)20(7-2)22(18(3)4)15-11-9-8-10-12-16-23-17-14-21;1-7-5-3-2-4-6-7/h6-10,12-13H,1,3,11,14-17H2,2,4-5H3;2-6H,1H3/b9-8-,12-10-,19-13-,20-7+;. The summed E-state index contributed by atoms with van der Waals surface area (Å²) in [4.78, 5) is 2.20. The van der Waals surface area contributed by atoms with Crippen LogP contribution in [-0.4, -0.2) is 31.3 Å². The van der Waals surface area contributed by atoms with Crippen molar-refractivity contribution in [3.05, 3.63) is 109 Å². The molecular weight excluding hydrogens is 373 g/mol. The van der Waals surface area contributed by atoms with E-state index in [0.29, 0.717) is 6.61 Å². The van der Waals surface area contributed by atoms with Crippen LogP contribution in [0.25, 0.3) is 0 Å². The van der Waals surface area contributed by atoms with Crippen molar-refractivity contribution in [3.63, 3.8) is 0 Å². The molecule has 0 saturated heterocycles. The summed E-state index contributed by atoms with van der Waals surface area (Å²) in [6.45, 7) is 17.0. The Hall–Kier alpha value is -2.65. The van der Waals surface area contributed by atoms with Crippen molar-refractivity contribution in [2.75, 3.05) is 26.4 Å². The summed E-state index contributed by atoms with van der Waals surface area (Å²) in [5, 5.41) is 0. The fraction of sp³-hybridized carbons (Fsp3) is 0.333. The lowest BCUT2D eigenvalue weighted by atomic mass is 10.1. The van der Waals surface area contributed by atoms with E-state index in [4.69, 9.17) is 4.74 Å². The molecule has 0 radical (unpaired) electrons. The third-order valence-electron chi connectivity index (χ3n) is 4.08. The Balaban J connectivity index is 0.000001000. The lowest BCUT2D eigenvalue weighted by molar-refractivity contribution is 0.144. The smallest absolute Gasteiger partial charge is 0.113 e. The third kappa shape index (κ3) is 13.5. The molecule has 2 nitrogen and oxygen atoms in total. The molecule has 164 valence electrons. The molecule has 0 atom stereocenters. The van der Waals surface area contributed by atoms with Crippen LogP contribution in [0.5, 0.6) is 0 Å². The Kier molecular flexibility index (Phi) is 16.8. The number of benzene rings is 1. The van der Waals surface area contributed by atoms with E-state index < -0.39 is 6.67 Å². The summed E-state index contributed by atoms with van der Waals surface area (Å²) in [6, 6.07) is 10.3. The van der Waals surface area contributed by atoms with Crippen molar-refractivity contribution in [1.29, 1.82) is 0 Å². The summed E-state index contributed by atoms with van der Waals surface area (Å²) in [5.74, 6) is 0. The lowest BCUT2D eigenvalue weighted by Gasteiger charge is -2.27. The molecule has 0 fully saturated rings. The topological polar surface area (TPSA) is 12.5 Å². The van der Waals surface area contributed by atoms with Crippen LogP contribution in [0.3, 0.4) is 0 Å². The van der Waals surface area contributed by atoms with Gasteiger partial charge in [0.25, 0.3) is 0 Å². The maximum absolute atomic E-state index is 11.8. The highest BCUT2D eigenvalue weighted by molar-refractivity contribution is 5.32. The Bertz CT molecular complexity index is 714. The highest BCUT2D eigenvalue weighted by Gasteiger charge is 2.09. The van der Waals surface area contributed by atoms with E-state index in [0.717, 1.165) is 24.4 Å². The van der Waals surface area contributed by atoms with Crippen LogP contribution >= 0.6 is 0 Å². The molecule has 1 aromatic carbocycles. The van der Waals surface area contributed by atoms with Gasteiger partial charge in [-0.1, -0.05) is 91.6 Å². The molecule has 0 saturated carbocycles. The number of rotatable bonds is 12. The number of alkyl halides is 1. The number of nitrogens with zero attached hydrogens (tertiary/aromatic N) is 1. The van der Waals surface area contributed by atoms with E-state index in [9.17, 15) is 4.39 Å². The van der Waals surface area contributed by atoms with Crippen molar-refractivity contribution in [2.24, 2.45) is 0 Å². The molecular formula is C27H38FNO. The van der Waals surface area contributed by atoms with Gasteiger partial charge in [0, 0.05) is 17.9 Å². The van der Waals surface area contributed by atoms with Crippen LogP contribution in [0.4, 0.5) is 4.39 Å². The minimum absolute atomic E-state index is 0.158. The molecule has 0 bridgehead atoms. The molecule has 0 unspecified atom stereocenters. The molecule has 1 rings (SSSR count). The molecule has 0 aliphatic rings. The number of hydrogen-bond acceptors (Lipinski definition) is 2. The quantitative estimate of drug-likeness (QED) is 0.263. The zero-order valence-corrected chi connectivity index (χ0v) is 19.1. The summed E-state index contributed by atoms with van der Waals surface area (Å²) in [5.41, 5.74) is 4.65. The molecule has 0 aromatic heterocycles. The Labute approximate surface area is 183 Å². The zero-order valence-electron chi connectivity index (χ0n) is 19.1. The van der Waals surface area contributed by atoms with Gasteiger partial charge in [-0.25, -0.2) is 4.39 Å². The minimum atomic E-state index is -0.437. The van der Waals surface area contributed by atoms with E-state index in [1.807, 2.05) is 56.4 Å². The highest BCUT2D eigenvalue weighted by atomic mass is 19.1. The van der Waals surface area contributed by atoms with Crippen LogP contribution in [0.1, 0.15) is 32.8 Å². The first-order valence-corrected chi connectivity index (χ1v) is 10.3. The SMILES string of the molecule is C=C/C=C(C)\C(=C/C)N(CC/C=C\C=C/COCCF)C(=C)C.Cc1ccccc1. The van der Waals surface area contributed by atoms with Crippen molar-refractivity contribution >= 4 is 0 Å². The van der Waals surface area contributed by atoms with Gasteiger partial charge in [0.2, 0.25) is 0 Å². The molecule has 0 aliphatic heterocycles. The second kappa shape index (κ2) is 18.4. The van der Waals surface area contributed by atoms with E-state index in [1.165, 1.54) is 11.1 Å². The van der Waals surface area contributed by atoms with E-state index in [-0.39, 0.29) is 6.61 Å². The molecule has 0 spiro atoms. The van der Waals surface area contributed by atoms with Crippen molar-refractivity contribution in [2.45, 2.75) is 34.1 Å². The predicted molar refractivity (Wildman–Crippen MR) is 130 cm³/mol. The second-order valence-electron chi connectivity index (χ2n) is 6.71. The van der Waals surface area contributed by atoms with Gasteiger partial charge in [-0.15, -0.1) is 0 Å². The van der Waals surface area contributed by atoms with Gasteiger partial charge >= 0.3 is 0 Å². The first-order chi connectivity index (χ1) is 14.5. The zero-order chi connectivity index (χ0) is 22.6. The number of ether oxygens (including phenoxy) is 1. The molecule has 0 aliphatic carbocycles. The monoisotopic (exact) mass is 411 g/mol. The van der Waals surface area contributed by atoms with E-state index in [2.05, 4.69) is 56.2 Å². The van der Waals surface area contributed by atoms with Gasteiger partial charge in [-0.05, 0) is 39.7 Å². The van der Waals surface area contributed by atoms with Crippen molar-refractivity contribution < 1.29 is 9.13 Å². The van der Waals surface area contributed by atoms with Gasteiger partial charge in [-0.2, -0.15) is 0 Å². The maximum Gasteiger partial charge on any atom is 0.113 e. The van der Waals surface area contributed by atoms with Gasteiger partial charge in [0.05, 0.1) is 13.2 Å². The molecule has 3 heteroatoms. The van der Waals surface area contributed by atoms with Crippen LogP contribution in [-0.2, 0) is 4.74 Å². The fourth-order valence-electron chi connectivity index (χ4n) is 2.63. The summed E-state index contributed by atoms with van der Waals surface area (Å²) in [7, 11) is 0. The molecule has 30 heavy (non-hydrogen) atoms. The van der Waals surface area contributed by atoms with Crippen LogP contribution in [0.2, 0.25) is 0 Å². The summed E-state index contributed by atoms with van der Waals surface area (Å²) in [6.07, 6.45) is 14.7. The lowest BCUT2D eigenvalue weighted by Crippen LogP contribution is -2.22. The molecule has 0 amide bonds. The third-order valence-corrected chi connectivity index (χ3v) is 4.08. The van der Waals surface area contributed by atoms with Crippen molar-refractivity contribution in [1.82, 2.24) is 4.90 Å². The molecule has 0 heterocycles. The van der Waals surface area contributed by atoms with Crippen molar-refractivity contribution in [3.8, 4) is 0 Å². The first-order valence-electron chi connectivity index (χ1n) is 10.3. The number of hydrogen-bond donors (Lipinski definition) is 0. The summed E-state index contributed by atoms with van der Waals surface area (Å²) < 4.78 is 16.8. The van der Waals surface area contributed by atoms with E-state index in [1.54, 1.807) is 6.08 Å². The first kappa shape index (κ1) is 27.4. The van der Waals surface area contributed by atoms with Gasteiger partial charge in [0.15, 0.2) is 0 Å². The number of allylic oxidation sites excluding steroid dienone is 7. The minimum Gasteiger partial charge on any atom is -0.375 e. The van der Waals surface area contributed by atoms with Crippen LogP contribution in [0.15, 0.2) is 103 Å². The van der Waals surface area contributed by atoms with E-state index >= 15 is 0 Å². The van der Waals surface area contributed by atoms with Gasteiger partial charge < -0.3 is 9.64 Å². The summed E-state index contributed by atoms with van der Waals surface area (Å²) >= 11 is 0. The van der Waals surface area contributed by atoms with Gasteiger partial charge in [0.1, 0.15) is 6.67 Å². The second-order valence-corrected chi connectivity index (χ2v) is 6.71. The Morgan fingerprint density at radius 1 is 1.13 bits per heavy atom. The Morgan fingerprint density at radius 3 is 2.30 bits per heavy atom. The number of halogens is 1. The Morgan fingerprint density at radius 2 is 1.80 bits per heavy atom. The average Bonchev–Trinajstić information content (AvgIpc) is 2.72. The average molecular weight is 412 g/mol. The predicted octanol–water partition coefficient (Wildman–Crippen LogP) is 7.34. The number of aryl methyl sites for hydroxylation is 1. The van der Waals surface area contributed by atoms with Crippen LogP contribution < -0.4 is 0 Å². The molecule has 0 N–H and O–H groups in total. The largest absolute Gasteiger partial charge is 0.375 e. The highest BCUT2D eigenvalue weighted by Crippen LogP contribution is 2.20.